The summed E-state index contributed by atoms with van der Waals surface area (Å²) in [5.74, 6) is 1.91. The number of nitrogens with zero attached hydrogens (tertiary/aromatic N) is 1. The number of hydrogen-bond acceptors (Lipinski definition) is 4. The maximum atomic E-state index is 12.1. The molecule has 1 amide bonds. The van der Waals surface area contributed by atoms with Gasteiger partial charge in [0.05, 0.1) is 0 Å². The summed E-state index contributed by atoms with van der Waals surface area (Å²) in [5.41, 5.74) is 0.749. The second kappa shape index (κ2) is 8.45. The van der Waals surface area contributed by atoms with Gasteiger partial charge >= 0.3 is 0 Å². The molecule has 1 aromatic carbocycles. The minimum atomic E-state index is 0.0588. The van der Waals surface area contributed by atoms with E-state index in [0.717, 1.165) is 25.2 Å². The first-order valence-electron chi connectivity index (χ1n) is 8.49. The van der Waals surface area contributed by atoms with Gasteiger partial charge in [0.25, 0.3) is 0 Å². The van der Waals surface area contributed by atoms with E-state index in [0.29, 0.717) is 24.0 Å². The molecular weight excluding hydrogens is 302 g/mol. The molecule has 2 aromatic rings. The van der Waals surface area contributed by atoms with Gasteiger partial charge in [0.2, 0.25) is 11.8 Å². The Balaban J connectivity index is 1.51. The molecule has 1 saturated heterocycles. The second-order valence-electron chi connectivity index (χ2n) is 6.08. The zero-order valence-electron chi connectivity index (χ0n) is 13.7. The molecule has 0 bridgehead atoms. The van der Waals surface area contributed by atoms with Crippen LogP contribution in [0.15, 0.2) is 48.7 Å². The predicted octanol–water partition coefficient (Wildman–Crippen LogP) is 3.59. The fourth-order valence-corrected chi connectivity index (χ4v) is 2.89. The Labute approximate surface area is 142 Å². The molecule has 0 atom stereocenters. The first-order valence-corrected chi connectivity index (χ1v) is 8.49. The van der Waals surface area contributed by atoms with E-state index in [1.54, 1.807) is 12.3 Å². The third-order valence-corrected chi connectivity index (χ3v) is 4.22. The van der Waals surface area contributed by atoms with Crippen LogP contribution >= 0.6 is 0 Å². The van der Waals surface area contributed by atoms with Gasteiger partial charge in [-0.3, -0.25) is 4.79 Å². The summed E-state index contributed by atoms with van der Waals surface area (Å²) < 4.78 is 5.69. The molecule has 0 spiro atoms. The predicted molar refractivity (Wildman–Crippen MR) is 94.2 cm³/mol. The van der Waals surface area contributed by atoms with Crippen LogP contribution in [0.4, 0.5) is 5.69 Å². The molecule has 126 valence electrons. The number of aromatic nitrogens is 1. The SMILES string of the molecule is O=C(CCC1CCNCC1)Nc1cccc(Oc2ccccn2)c1. The highest BCUT2D eigenvalue weighted by Gasteiger charge is 2.14. The van der Waals surface area contributed by atoms with Crippen molar-refractivity contribution >= 4 is 11.6 Å². The number of benzene rings is 1. The van der Waals surface area contributed by atoms with Crippen molar-refractivity contribution in [2.75, 3.05) is 18.4 Å². The van der Waals surface area contributed by atoms with E-state index in [2.05, 4.69) is 15.6 Å². The molecule has 24 heavy (non-hydrogen) atoms. The first kappa shape index (κ1) is 16.5. The first-order chi connectivity index (χ1) is 11.8. The van der Waals surface area contributed by atoms with Crippen LogP contribution in [0.2, 0.25) is 0 Å². The van der Waals surface area contributed by atoms with Gasteiger partial charge in [0.1, 0.15) is 5.75 Å². The zero-order valence-corrected chi connectivity index (χ0v) is 13.7. The molecule has 0 saturated carbocycles. The number of pyridine rings is 1. The van der Waals surface area contributed by atoms with Crippen molar-refractivity contribution in [3.05, 3.63) is 48.7 Å². The van der Waals surface area contributed by atoms with Crippen LogP contribution in [-0.4, -0.2) is 24.0 Å². The van der Waals surface area contributed by atoms with Crippen LogP contribution in [0.1, 0.15) is 25.7 Å². The van der Waals surface area contributed by atoms with Crippen molar-refractivity contribution in [3.8, 4) is 11.6 Å². The lowest BCUT2D eigenvalue weighted by Gasteiger charge is -2.22. The van der Waals surface area contributed by atoms with Crippen molar-refractivity contribution in [1.29, 1.82) is 0 Å². The average Bonchev–Trinajstić information content (AvgIpc) is 2.62. The Morgan fingerprint density at radius 1 is 1.21 bits per heavy atom. The highest BCUT2D eigenvalue weighted by molar-refractivity contribution is 5.90. The molecule has 3 rings (SSSR count). The van der Waals surface area contributed by atoms with Crippen molar-refractivity contribution in [3.63, 3.8) is 0 Å². The van der Waals surface area contributed by atoms with E-state index in [4.69, 9.17) is 4.74 Å². The fourth-order valence-electron chi connectivity index (χ4n) is 2.89. The Morgan fingerprint density at radius 3 is 2.88 bits per heavy atom. The second-order valence-corrected chi connectivity index (χ2v) is 6.08. The topological polar surface area (TPSA) is 63.2 Å². The van der Waals surface area contributed by atoms with Crippen molar-refractivity contribution in [2.45, 2.75) is 25.7 Å². The number of ether oxygens (including phenoxy) is 1. The normalized spacial score (nSPS) is 15.0. The van der Waals surface area contributed by atoms with Crippen molar-refractivity contribution in [2.24, 2.45) is 5.92 Å². The van der Waals surface area contributed by atoms with Gasteiger partial charge < -0.3 is 15.4 Å². The summed E-state index contributed by atoms with van der Waals surface area (Å²) in [6.45, 7) is 2.14. The Kier molecular flexibility index (Phi) is 5.80. The average molecular weight is 325 g/mol. The van der Waals surface area contributed by atoms with Gasteiger partial charge in [-0.15, -0.1) is 0 Å². The Hall–Kier alpha value is -2.40. The van der Waals surface area contributed by atoms with Gasteiger partial charge in [-0.05, 0) is 56.5 Å². The fraction of sp³-hybridized carbons (Fsp3) is 0.368. The van der Waals surface area contributed by atoms with E-state index < -0.39 is 0 Å². The maximum Gasteiger partial charge on any atom is 0.224 e. The summed E-state index contributed by atoms with van der Waals surface area (Å²) in [7, 11) is 0. The van der Waals surface area contributed by atoms with E-state index in [1.807, 2.05) is 36.4 Å². The lowest BCUT2D eigenvalue weighted by atomic mass is 9.93. The van der Waals surface area contributed by atoms with Crippen LogP contribution < -0.4 is 15.4 Å². The summed E-state index contributed by atoms with van der Waals surface area (Å²) in [6.07, 6.45) is 5.54. The van der Waals surface area contributed by atoms with Crippen molar-refractivity contribution in [1.82, 2.24) is 10.3 Å². The van der Waals surface area contributed by atoms with Crippen LogP contribution in [-0.2, 0) is 4.79 Å². The highest BCUT2D eigenvalue weighted by atomic mass is 16.5. The monoisotopic (exact) mass is 325 g/mol. The minimum absolute atomic E-state index is 0.0588. The molecular formula is C19H23N3O2. The molecule has 0 aliphatic carbocycles. The van der Waals surface area contributed by atoms with Crippen LogP contribution in [0, 0.1) is 5.92 Å². The number of hydrogen-bond donors (Lipinski definition) is 2. The highest BCUT2D eigenvalue weighted by Crippen LogP contribution is 2.23. The van der Waals surface area contributed by atoms with Gasteiger partial charge in [0.15, 0.2) is 0 Å². The smallest absolute Gasteiger partial charge is 0.224 e. The van der Waals surface area contributed by atoms with E-state index in [1.165, 1.54) is 12.8 Å². The van der Waals surface area contributed by atoms with Gasteiger partial charge in [-0.2, -0.15) is 0 Å². The summed E-state index contributed by atoms with van der Waals surface area (Å²) in [5, 5.41) is 6.30. The lowest BCUT2D eigenvalue weighted by molar-refractivity contribution is -0.116. The number of anilines is 1. The number of piperidine rings is 1. The van der Waals surface area contributed by atoms with Crippen LogP contribution in [0.25, 0.3) is 0 Å². The summed E-state index contributed by atoms with van der Waals surface area (Å²) in [4.78, 5) is 16.3. The van der Waals surface area contributed by atoms with Gasteiger partial charge in [-0.1, -0.05) is 12.1 Å². The number of rotatable bonds is 6. The summed E-state index contributed by atoms with van der Waals surface area (Å²) in [6, 6.07) is 12.9. The van der Waals surface area contributed by atoms with E-state index in [-0.39, 0.29) is 5.91 Å². The molecule has 1 fully saturated rings. The third-order valence-electron chi connectivity index (χ3n) is 4.22. The molecule has 0 unspecified atom stereocenters. The molecule has 1 aliphatic rings. The lowest BCUT2D eigenvalue weighted by Crippen LogP contribution is -2.28. The Morgan fingerprint density at radius 2 is 2.08 bits per heavy atom. The van der Waals surface area contributed by atoms with Gasteiger partial charge in [-0.25, -0.2) is 4.98 Å². The number of amides is 1. The molecule has 2 heterocycles. The molecule has 0 radical (unpaired) electrons. The number of nitrogens with one attached hydrogen (secondary N) is 2. The summed E-state index contributed by atoms with van der Waals surface area (Å²) >= 11 is 0. The number of carbonyl (C=O) groups excluding carboxylic acids is 1. The minimum Gasteiger partial charge on any atom is -0.439 e. The molecule has 1 aliphatic heterocycles. The van der Waals surface area contributed by atoms with Crippen LogP contribution in [0.5, 0.6) is 11.6 Å². The zero-order chi connectivity index (χ0) is 16.6. The van der Waals surface area contributed by atoms with E-state index in [9.17, 15) is 4.79 Å². The standard InChI is InChI=1S/C19H23N3O2/c23-18(8-7-15-9-12-20-13-10-15)22-16-4-3-5-17(14-16)24-19-6-1-2-11-21-19/h1-6,11,14-15,20H,7-10,12-13H2,(H,22,23). The van der Waals surface area contributed by atoms with E-state index >= 15 is 0 Å². The van der Waals surface area contributed by atoms with Crippen LogP contribution in [0.3, 0.4) is 0 Å². The van der Waals surface area contributed by atoms with Crippen molar-refractivity contribution < 1.29 is 9.53 Å². The maximum absolute atomic E-state index is 12.1. The third kappa shape index (κ3) is 5.06. The number of carbonyl (C=O) groups is 1. The van der Waals surface area contributed by atoms with Gasteiger partial charge in [0, 0.05) is 30.4 Å². The molecule has 1 aromatic heterocycles. The molecule has 5 nitrogen and oxygen atoms in total. The molecule has 5 heteroatoms. The quantitative estimate of drug-likeness (QED) is 0.852. The largest absolute Gasteiger partial charge is 0.439 e. The molecule has 2 N–H and O–H groups in total. The Bertz CT molecular complexity index is 655.